The number of carbonyl (C=O) groups is 1. The van der Waals surface area contributed by atoms with E-state index in [0.29, 0.717) is 22.3 Å². The number of nitrogens with one attached hydrogen (secondary N) is 1. The van der Waals surface area contributed by atoms with Crippen molar-refractivity contribution in [1.29, 1.82) is 0 Å². The zero-order valence-corrected chi connectivity index (χ0v) is 19.3. The lowest BCUT2D eigenvalue weighted by molar-refractivity contribution is 0.102. The van der Waals surface area contributed by atoms with E-state index in [1.54, 1.807) is 4.68 Å². The molecule has 4 aromatic rings. The molecule has 2 aromatic carbocycles. The van der Waals surface area contributed by atoms with Gasteiger partial charge in [-0.25, -0.2) is 9.67 Å². The summed E-state index contributed by atoms with van der Waals surface area (Å²) < 4.78 is 1.68. The fraction of sp³-hybridized carbons (Fsp3) is 0.217. The van der Waals surface area contributed by atoms with Gasteiger partial charge in [-0.3, -0.25) is 10.1 Å². The number of anilines is 1. The molecule has 4 rings (SSSR count). The second-order valence-electron chi connectivity index (χ2n) is 7.49. The van der Waals surface area contributed by atoms with Crippen molar-refractivity contribution in [3.05, 3.63) is 86.1 Å². The van der Waals surface area contributed by atoms with Crippen LogP contribution in [-0.4, -0.2) is 25.9 Å². The van der Waals surface area contributed by atoms with Gasteiger partial charge < -0.3 is 0 Å². The maximum atomic E-state index is 12.8. The quantitative estimate of drug-likeness (QED) is 0.437. The molecule has 0 fully saturated rings. The maximum absolute atomic E-state index is 12.8. The Hall–Kier alpha value is -3.03. The van der Waals surface area contributed by atoms with Crippen LogP contribution in [0.5, 0.6) is 0 Å². The Morgan fingerprint density at radius 2 is 1.90 bits per heavy atom. The third-order valence-electron chi connectivity index (χ3n) is 5.21. The van der Waals surface area contributed by atoms with Gasteiger partial charge in [0.2, 0.25) is 0 Å². The number of benzene rings is 2. The minimum Gasteiger partial charge on any atom is -0.296 e. The molecule has 2 aromatic heterocycles. The van der Waals surface area contributed by atoms with E-state index >= 15 is 0 Å². The van der Waals surface area contributed by atoms with Crippen LogP contribution >= 0.6 is 22.9 Å². The highest BCUT2D eigenvalue weighted by molar-refractivity contribution is 7.15. The van der Waals surface area contributed by atoms with Crippen LogP contribution in [0.4, 0.5) is 5.13 Å². The van der Waals surface area contributed by atoms with Crippen molar-refractivity contribution in [2.75, 3.05) is 5.32 Å². The van der Waals surface area contributed by atoms with E-state index < -0.39 is 0 Å². The van der Waals surface area contributed by atoms with Crippen LogP contribution in [0.1, 0.15) is 43.4 Å². The molecule has 6 nitrogen and oxygen atoms in total. The molecule has 0 atom stereocenters. The monoisotopic (exact) mass is 451 g/mol. The van der Waals surface area contributed by atoms with Gasteiger partial charge >= 0.3 is 0 Å². The van der Waals surface area contributed by atoms with Gasteiger partial charge in [-0.15, -0.1) is 16.4 Å². The summed E-state index contributed by atoms with van der Waals surface area (Å²) in [6, 6.07) is 13.8. The normalized spacial score (nSPS) is 11.0. The van der Waals surface area contributed by atoms with Gasteiger partial charge in [-0.1, -0.05) is 35.0 Å². The number of amides is 1. The summed E-state index contributed by atoms with van der Waals surface area (Å²) in [5.41, 5.74) is 6.17. The second kappa shape index (κ2) is 8.61. The van der Waals surface area contributed by atoms with Crippen LogP contribution in [0.2, 0.25) is 5.02 Å². The van der Waals surface area contributed by atoms with E-state index in [1.807, 2.05) is 63.2 Å². The topological polar surface area (TPSA) is 72.7 Å². The number of hydrogen-bond donors (Lipinski definition) is 1. The maximum Gasteiger partial charge on any atom is 0.279 e. The first kappa shape index (κ1) is 21.2. The van der Waals surface area contributed by atoms with Crippen molar-refractivity contribution >= 4 is 34.0 Å². The minimum absolute atomic E-state index is 0.280. The van der Waals surface area contributed by atoms with Crippen molar-refractivity contribution in [3.63, 3.8) is 0 Å². The van der Waals surface area contributed by atoms with Gasteiger partial charge in [-0.05, 0) is 68.7 Å². The molecule has 0 aliphatic carbocycles. The molecule has 0 aliphatic rings. The van der Waals surface area contributed by atoms with Crippen LogP contribution in [0.3, 0.4) is 0 Å². The number of hydrogen-bond acceptors (Lipinski definition) is 5. The summed E-state index contributed by atoms with van der Waals surface area (Å²) in [7, 11) is 0. The SMILES string of the molecule is Cc1ccc(-n2nnc(C(=O)Nc3nc(C)c(Cc4cccc(Cl)c4)s3)c2C)cc1C. The number of aryl methyl sites for hydroxylation is 3. The minimum atomic E-state index is -0.323. The van der Waals surface area contributed by atoms with Crippen molar-refractivity contribution in [2.45, 2.75) is 34.1 Å². The van der Waals surface area contributed by atoms with Gasteiger partial charge in [0.25, 0.3) is 5.91 Å². The van der Waals surface area contributed by atoms with Gasteiger partial charge in [-0.2, -0.15) is 0 Å². The summed E-state index contributed by atoms with van der Waals surface area (Å²) in [5, 5.41) is 12.4. The molecule has 31 heavy (non-hydrogen) atoms. The molecule has 0 radical (unpaired) electrons. The molecule has 1 N–H and O–H groups in total. The molecular formula is C23H22ClN5OS. The molecule has 0 saturated carbocycles. The first-order chi connectivity index (χ1) is 14.8. The van der Waals surface area contributed by atoms with Crippen LogP contribution in [-0.2, 0) is 6.42 Å². The Balaban J connectivity index is 1.52. The van der Waals surface area contributed by atoms with E-state index in [0.717, 1.165) is 27.4 Å². The Labute approximate surface area is 189 Å². The number of halogens is 1. The third kappa shape index (κ3) is 4.52. The molecule has 1 amide bonds. The summed E-state index contributed by atoms with van der Waals surface area (Å²) in [6.07, 6.45) is 0.710. The van der Waals surface area contributed by atoms with E-state index in [4.69, 9.17) is 11.6 Å². The Morgan fingerprint density at radius 1 is 1.10 bits per heavy atom. The Bertz CT molecular complexity index is 1280. The standard InChI is InChI=1S/C23H22ClN5OS/c1-13-8-9-19(10-14(13)2)29-16(4)21(27-28-29)22(30)26-23-25-15(3)20(31-23)12-17-6-5-7-18(24)11-17/h5-11H,12H2,1-4H3,(H,25,26,30). The first-order valence-corrected chi connectivity index (χ1v) is 11.0. The lowest BCUT2D eigenvalue weighted by Gasteiger charge is -2.06. The summed E-state index contributed by atoms with van der Waals surface area (Å²) in [4.78, 5) is 18.4. The van der Waals surface area contributed by atoms with Crippen LogP contribution < -0.4 is 5.32 Å². The lowest BCUT2D eigenvalue weighted by atomic mass is 10.1. The Morgan fingerprint density at radius 3 is 2.65 bits per heavy atom. The second-order valence-corrected chi connectivity index (χ2v) is 9.01. The van der Waals surface area contributed by atoms with E-state index in [2.05, 4.69) is 27.5 Å². The number of nitrogens with zero attached hydrogens (tertiary/aromatic N) is 4. The molecule has 158 valence electrons. The average molecular weight is 452 g/mol. The van der Waals surface area contributed by atoms with Crippen molar-refractivity contribution in [3.8, 4) is 5.69 Å². The highest BCUT2D eigenvalue weighted by Crippen LogP contribution is 2.27. The summed E-state index contributed by atoms with van der Waals surface area (Å²) in [5.74, 6) is -0.323. The van der Waals surface area contributed by atoms with Gasteiger partial charge in [0, 0.05) is 16.3 Å². The van der Waals surface area contributed by atoms with Crippen LogP contribution in [0.25, 0.3) is 5.69 Å². The summed E-state index contributed by atoms with van der Waals surface area (Å²) in [6.45, 7) is 7.88. The highest BCUT2D eigenvalue weighted by Gasteiger charge is 2.19. The zero-order chi connectivity index (χ0) is 22.1. The van der Waals surface area contributed by atoms with E-state index in [9.17, 15) is 4.79 Å². The van der Waals surface area contributed by atoms with Crippen molar-refractivity contribution in [2.24, 2.45) is 0 Å². The predicted octanol–water partition coefficient (Wildman–Crippen LogP) is 5.45. The number of thiazole rings is 1. The Kier molecular flexibility index (Phi) is 5.89. The van der Waals surface area contributed by atoms with Crippen molar-refractivity contribution in [1.82, 2.24) is 20.0 Å². The number of carbonyl (C=O) groups excluding carboxylic acids is 1. The van der Waals surface area contributed by atoms with Crippen LogP contribution in [0.15, 0.2) is 42.5 Å². The largest absolute Gasteiger partial charge is 0.296 e. The molecular weight excluding hydrogens is 430 g/mol. The summed E-state index contributed by atoms with van der Waals surface area (Å²) >= 11 is 7.54. The molecule has 2 heterocycles. The average Bonchev–Trinajstić information content (AvgIpc) is 3.26. The molecule has 0 saturated heterocycles. The van der Waals surface area contributed by atoms with Gasteiger partial charge in [0.15, 0.2) is 10.8 Å². The molecule has 0 bridgehead atoms. The van der Waals surface area contributed by atoms with E-state index in [1.165, 1.54) is 16.9 Å². The van der Waals surface area contributed by atoms with Crippen LogP contribution in [0, 0.1) is 27.7 Å². The third-order valence-corrected chi connectivity index (χ3v) is 6.52. The highest BCUT2D eigenvalue weighted by atomic mass is 35.5. The lowest BCUT2D eigenvalue weighted by Crippen LogP contribution is -2.14. The van der Waals surface area contributed by atoms with Gasteiger partial charge in [0.05, 0.1) is 17.1 Å². The van der Waals surface area contributed by atoms with E-state index in [-0.39, 0.29) is 11.6 Å². The van der Waals surface area contributed by atoms with Gasteiger partial charge in [0.1, 0.15) is 0 Å². The number of rotatable bonds is 5. The predicted molar refractivity (Wildman–Crippen MR) is 125 cm³/mol. The first-order valence-electron chi connectivity index (χ1n) is 9.84. The fourth-order valence-electron chi connectivity index (χ4n) is 3.28. The molecule has 0 spiro atoms. The van der Waals surface area contributed by atoms with Crippen molar-refractivity contribution < 1.29 is 4.79 Å². The molecule has 8 heteroatoms. The molecule has 0 unspecified atom stereocenters. The fourth-order valence-corrected chi connectivity index (χ4v) is 4.48. The smallest absolute Gasteiger partial charge is 0.279 e. The molecule has 0 aliphatic heterocycles. The zero-order valence-electron chi connectivity index (χ0n) is 17.7. The number of aromatic nitrogens is 4.